The summed E-state index contributed by atoms with van der Waals surface area (Å²) in [5.41, 5.74) is 0.408. The lowest BCUT2D eigenvalue weighted by atomic mass is 10.1. The number of carbonyl (C=O) groups excluding carboxylic acids is 1. The van der Waals surface area contributed by atoms with Crippen LogP contribution in [0.5, 0.6) is 5.88 Å². The number of aromatic hydroxyl groups is 1. The fourth-order valence-corrected chi connectivity index (χ4v) is 3.03. The first-order valence-corrected chi connectivity index (χ1v) is 8.91. The van der Waals surface area contributed by atoms with Crippen molar-refractivity contribution in [3.8, 4) is 5.88 Å². The Balaban J connectivity index is 2.14. The molecular weight excluding hydrogens is 344 g/mol. The number of carbonyl (C=O) groups is 1. The van der Waals surface area contributed by atoms with Crippen molar-refractivity contribution in [1.82, 2.24) is 9.63 Å². The number of hydrogen-bond donors (Lipinski definition) is 1. The Hall–Kier alpha value is -3.28. The molecule has 0 saturated heterocycles. The summed E-state index contributed by atoms with van der Waals surface area (Å²) in [5.74, 6) is -0.822. The second-order valence-electron chi connectivity index (χ2n) is 6.08. The zero-order chi connectivity index (χ0) is 19.4. The Labute approximate surface area is 157 Å². The second kappa shape index (κ2) is 7.95. The molecule has 6 nitrogen and oxygen atoms in total. The molecule has 0 radical (unpaired) electrons. The molecule has 2 aromatic carbocycles. The molecule has 0 unspecified atom stereocenters. The van der Waals surface area contributed by atoms with Crippen LogP contribution in [0.15, 0.2) is 59.4 Å². The first-order valence-electron chi connectivity index (χ1n) is 8.91. The molecule has 0 aliphatic heterocycles. The molecule has 0 aliphatic carbocycles. The minimum Gasteiger partial charge on any atom is -0.492 e. The van der Waals surface area contributed by atoms with Crippen LogP contribution in [-0.2, 0) is 6.61 Å². The molecule has 0 aliphatic rings. The van der Waals surface area contributed by atoms with E-state index in [-0.39, 0.29) is 18.1 Å². The zero-order valence-corrected chi connectivity index (χ0v) is 15.4. The maximum atomic E-state index is 13.0. The molecule has 0 saturated carbocycles. The SMILES string of the molecule is CCN(CC)C(=O)c1c(O)n(OCc2ccccc2)c(=O)c2ccccc12. The van der Waals surface area contributed by atoms with Crippen LogP contribution >= 0.6 is 0 Å². The number of pyridine rings is 1. The number of hydrogen-bond acceptors (Lipinski definition) is 4. The third-order valence-corrected chi connectivity index (χ3v) is 4.49. The predicted molar refractivity (Wildman–Crippen MR) is 104 cm³/mol. The number of aromatic nitrogens is 1. The van der Waals surface area contributed by atoms with Crippen molar-refractivity contribution in [3.63, 3.8) is 0 Å². The van der Waals surface area contributed by atoms with Gasteiger partial charge in [0, 0.05) is 18.5 Å². The first-order chi connectivity index (χ1) is 13.1. The van der Waals surface area contributed by atoms with Gasteiger partial charge in [0.2, 0.25) is 5.88 Å². The standard InChI is InChI=1S/C21H22N2O4/c1-3-22(4-2)20(25)18-16-12-8-9-13-17(16)19(24)23(21(18)26)27-14-15-10-6-5-7-11-15/h5-13,26H,3-4,14H2,1-2H3. The molecule has 0 spiro atoms. The minimum absolute atomic E-state index is 0.0713. The summed E-state index contributed by atoms with van der Waals surface area (Å²) in [5, 5.41) is 11.5. The van der Waals surface area contributed by atoms with Crippen molar-refractivity contribution in [3.05, 3.63) is 76.1 Å². The van der Waals surface area contributed by atoms with E-state index in [0.29, 0.717) is 23.9 Å². The van der Waals surface area contributed by atoms with Gasteiger partial charge in [-0.1, -0.05) is 48.5 Å². The summed E-state index contributed by atoms with van der Waals surface area (Å²) in [6, 6.07) is 16.0. The Morgan fingerprint density at radius 3 is 2.22 bits per heavy atom. The van der Waals surface area contributed by atoms with Crippen molar-refractivity contribution >= 4 is 16.7 Å². The lowest BCUT2D eigenvalue weighted by molar-refractivity contribution is 0.0660. The van der Waals surface area contributed by atoms with Crippen molar-refractivity contribution in [2.45, 2.75) is 20.5 Å². The van der Waals surface area contributed by atoms with Crippen LogP contribution < -0.4 is 10.4 Å². The van der Waals surface area contributed by atoms with Gasteiger partial charge in [-0.15, -0.1) is 4.73 Å². The van der Waals surface area contributed by atoms with E-state index in [1.807, 2.05) is 44.2 Å². The number of fused-ring (bicyclic) bond motifs is 1. The third-order valence-electron chi connectivity index (χ3n) is 4.49. The highest BCUT2D eigenvalue weighted by atomic mass is 16.7. The van der Waals surface area contributed by atoms with Gasteiger partial charge in [0.1, 0.15) is 12.2 Å². The Morgan fingerprint density at radius 2 is 1.59 bits per heavy atom. The molecular formula is C21H22N2O4. The fourth-order valence-electron chi connectivity index (χ4n) is 3.03. The van der Waals surface area contributed by atoms with Crippen LogP contribution in [0.2, 0.25) is 0 Å². The molecule has 1 aromatic heterocycles. The highest BCUT2D eigenvalue weighted by Gasteiger charge is 2.25. The van der Waals surface area contributed by atoms with Crippen LogP contribution in [0.1, 0.15) is 29.8 Å². The highest BCUT2D eigenvalue weighted by Crippen LogP contribution is 2.26. The lowest BCUT2D eigenvalue weighted by Crippen LogP contribution is -2.34. The first kappa shape index (κ1) is 18.5. The number of nitrogens with zero attached hydrogens (tertiary/aromatic N) is 2. The van der Waals surface area contributed by atoms with Crippen molar-refractivity contribution in [2.75, 3.05) is 13.1 Å². The molecule has 6 heteroatoms. The van der Waals surface area contributed by atoms with Gasteiger partial charge in [-0.25, -0.2) is 0 Å². The zero-order valence-electron chi connectivity index (χ0n) is 15.4. The van der Waals surface area contributed by atoms with E-state index in [0.717, 1.165) is 10.3 Å². The van der Waals surface area contributed by atoms with Gasteiger partial charge in [0.15, 0.2) is 0 Å². The van der Waals surface area contributed by atoms with Gasteiger partial charge in [-0.05, 0) is 25.5 Å². The maximum absolute atomic E-state index is 13.0. The number of rotatable bonds is 6. The van der Waals surface area contributed by atoms with Crippen molar-refractivity contribution < 1.29 is 14.7 Å². The third kappa shape index (κ3) is 3.51. The van der Waals surface area contributed by atoms with E-state index in [1.165, 1.54) is 0 Å². The summed E-state index contributed by atoms with van der Waals surface area (Å²) in [7, 11) is 0. The smallest absolute Gasteiger partial charge is 0.294 e. The van der Waals surface area contributed by atoms with Gasteiger partial charge in [-0.2, -0.15) is 0 Å². The van der Waals surface area contributed by atoms with Gasteiger partial charge in [0.25, 0.3) is 11.5 Å². The largest absolute Gasteiger partial charge is 0.492 e. The van der Waals surface area contributed by atoms with E-state index >= 15 is 0 Å². The molecule has 0 fully saturated rings. The number of benzene rings is 2. The van der Waals surface area contributed by atoms with Gasteiger partial charge >= 0.3 is 0 Å². The summed E-state index contributed by atoms with van der Waals surface area (Å²) in [6.45, 7) is 4.80. The maximum Gasteiger partial charge on any atom is 0.294 e. The van der Waals surface area contributed by atoms with Crippen molar-refractivity contribution in [1.29, 1.82) is 0 Å². The van der Waals surface area contributed by atoms with Crippen LogP contribution in [0.25, 0.3) is 10.8 Å². The predicted octanol–water partition coefficient (Wildman–Crippen LogP) is 2.82. The Morgan fingerprint density at radius 1 is 1.00 bits per heavy atom. The van der Waals surface area contributed by atoms with Crippen LogP contribution in [0, 0.1) is 0 Å². The Kier molecular flexibility index (Phi) is 5.45. The van der Waals surface area contributed by atoms with E-state index in [1.54, 1.807) is 29.2 Å². The van der Waals surface area contributed by atoms with Crippen LogP contribution in [0.4, 0.5) is 0 Å². The summed E-state index contributed by atoms with van der Waals surface area (Å²) in [4.78, 5) is 33.0. The summed E-state index contributed by atoms with van der Waals surface area (Å²) < 4.78 is 0.812. The molecule has 27 heavy (non-hydrogen) atoms. The molecule has 140 valence electrons. The number of amides is 1. The fraction of sp³-hybridized carbons (Fsp3) is 0.238. The molecule has 1 N–H and O–H groups in total. The van der Waals surface area contributed by atoms with E-state index in [9.17, 15) is 14.7 Å². The van der Waals surface area contributed by atoms with Gasteiger partial charge in [-0.3, -0.25) is 9.59 Å². The average Bonchev–Trinajstić information content (AvgIpc) is 2.70. The molecule has 3 rings (SSSR count). The topological polar surface area (TPSA) is 71.8 Å². The van der Waals surface area contributed by atoms with Gasteiger partial charge < -0.3 is 14.8 Å². The molecule has 3 aromatic rings. The van der Waals surface area contributed by atoms with E-state index in [4.69, 9.17) is 4.84 Å². The van der Waals surface area contributed by atoms with E-state index in [2.05, 4.69) is 0 Å². The normalized spacial score (nSPS) is 10.7. The quantitative estimate of drug-likeness (QED) is 0.728. The Bertz CT molecular complexity index is 1010. The highest BCUT2D eigenvalue weighted by molar-refractivity contribution is 6.08. The average molecular weight is 366 g/mol. The summed E-state index contributed by atoms with van der Waals surface area (Å²) in [6.07, 6.45) is 0. The van der Waals surface area contributed by atoms with Gasteiger partial charge in [0.05, 0.1) is 5.39 Å². The molecule has 0 bridgehead atoms. The second-order valence-corrected chi connectivity index (χ2v) is 6.08. The van der Waals surface area contributed by atoms with Crippen molar-refractivity contribution in [2.24, 2.45) is 0 Å². The lowest BCUT2D eigenvalue weighted by Gasteiger charge is -2.21. The summed E-state index contributed by atoms with van der Waals surface area (Å²) >= 11 is 0. The molecule has 1 amide bonds. The van der Waals surface area contributed by atoms with Crippen LogP contribution in [0.3, 0.4) is 0 Å². The molecule has 1 heterocycles. The van der Waals surface area contributed by atoms with Crippen LogP contribution in [-0.4, -0.2) is 33.7 Å². The monoisotopic (exact) mass is 366 g/mol. The molecule has 0 atom stereocenters. The minimum atomic E-state index is -0.505. The van der Waals surface area contributed by atoms with E-state index < -0.39 is 11.4 Å².